The lowest BCUT2D eigenvalue weighted by Gasteiger charge is -2.43. The Balaban J connectivity index is 1.55. The second-order valence-corrected chi connectivity index (χ2v) is 7.34. The van der Waals surface area contributed by atoms with Crippen LogP contribution in [0.3, 0.4) is 0 Å². The molecule has 1 aliphatic heterocycles. The molecule has 3 rings (SSSR count). The number of nitrogens with zero attached hydrogens (tertiary/aromatic N) is 5. The second kappa shape index (κ2) is 8.07. The molecule has 2 aliphatic rings. The van der Waals surface area contributed by atoms with Crippen molar-refractivity contribution in [2.45, 2.75) is 25.7 Å². The third kappa shape index (κ3) is 4.00. The molecule has 1 aromatic heterocycles. The van der Waals surface area contributed by atoms with Gasteiger partial charge in [0.1, 0.15) is 6.54 Å². The van der Waals surface area contributed by atoms with E-state index in [-0.39, 0.29) is 5.91 Å². The molecule has 8 heteroatoms. The maximum Gasteiger partial charge on any atom is 0.246 e. The standard InChI is InChI=1S/C18H30N6O2/c1-19-17(20-14-18(5-4-6-18)7-10-26-3)23-8-9-24(16(25)13-23)15-11-21-22(2)12-15/h11-12H,4-10,13-14H2,1-3H3,(H,19,20). The largest absolute Gasteiger partial charge is 0.385 e. The Morgan fingerprint density at radius 3 is 2.77 bits per heavy atom. The molecule has 0 atom stereocenters. The molecule has 0 aromatic carbocycles. The monoisotopic (exact) mass is 362 g/mol. The van der Waals surface area contributed by atoms with Crippen LogP contribution >= 0.6 is 0 Å². The molecular formula is C18H30N6O2. The van der Waals surface area contributed by atoms with Crippen LogP contribution in [0, 0.1) is 5.41 Å². The van der Waals surface area contributed by atoms with E-state index in [2.05, 4.69) is 15.4 Å². The first kappa shape index (κ1) is 18.7. The van der Waals surface area contributed by atoms with Crippen LogP contribution in [0.5, 0.6) is 0 Å². The molecule has 0 bridgehead atoms. The van der Waals surface area contributed by atoms with E-state index >= 15 is 0 Å². The van der Waals surface area contributed by atoms with Crippen LogP contribution in [0.4, 0.5) is 5.69 Å². The van der Waals surface area contributed by atoms with Crippen LogP contribution < -0.4 is 10.2 Å². The lowest BCUT2D eigenvalue weighted by Crippen LogP contribution is -2.56. The summed E-state index contributed by atoms with van der Waals surface area (Å²) in [5.41, 5.74) is 1.17. The number of aromatic nitrogens is 2. The van der Waals surface area contributed by atoms with Gasteiger partial charge in [-0.1, -0.05) is 6.42 Å². The minimum absolute atomic E-state index is 0.0740. The second-order valence-electron chi connectivity index (χ2n) is 7.34. The highest BCUT2D eigenvalue weighted by Crippen LogP contribution is 2.43. The Morgan fingerprint density at radius 1 is 1.42 bits per heavy atom. The van der Waals surface area contributed by atoms with Crippen LogP contribution in [0.15, 0.2) is 17.4 Å². The summed E-state index contributed by atoms with van der Waals surface area (Å²) in [6.07, 6.45) is 8.42. The van der Waals surface area contributed by atoms with Gasteiger partial charge >= 0.3 is 0 Å². The Morgan fingerprint density at radius 2 is 2.23 bits per heavy atom. The summed E-state index contributed by atoms with van der Waals surface area (Å²) in [7, 11) is 5.39. The van der Waals surface area contributed by atoms with Gasteiger partial charge in [-0.3, -0.25) is 14.5 Å². The molecular weight excluding hydrogens is 332 g/mol. The molecule has 1 saturated carbocycles. The molecule has 1 saturated heterocycles. The fraction of sp³-hybridized carbons (Fsp3) is 0.722. The first-order valence-electron chi connectivity index (χ1n) is 9.30. The number of nitrogens with one attached hydrogen (secondary N) is 1. The zero-order valence-electron chi connectivity index (χ0n) is 16.1. The number of hydrogen-bond donors (Lipinski definition) is 1. The zero-order chi connectivity index (χ0) is 18.6. The number of rotatable bonds is 6. The van der Waals surface area contributed by atoms with E-state index < -0.39 is 0 Å². The van der Waals surface area contributed by atoms with Gasteiger partial charge < -0.3 is 19.9 Å². The van der Waals surface area contributed by atoms with Gasteiger partial charge in [0.15, 0.2) is 5.96 Å². The molecule has 2 heterocycles. The predicted octanol–water partition coefficient (Wildman–Crippen LogP) is 0.851. The molecule has 2 fully saturated rings. The predicted molar refractivity (Wildman–Crippen MR) is 101 cm³/mol. The number of aryl methyl sites for hydroxylation is 1. The normalized spacial score (nSPS) is 20.3. The van der Waals surface area contributed by atoms with E-state index in [4.69, 9.17) is 4.74 Å². The molecule has 26 heavy (non-hydrogen) atoms. The summed E-state index contributed by atoms with van der Waals surface area (Å²) in [6.45, 7) is 3.41. The van der Waals surface area contributed by atoms with Crippen LogP contribution in [0.2, 0.25) is 0 Å². The summed E-state index contributed by atoms with van der Waals surface area (Å²) in [5.74, 6) is 0.887. The van der Waals surface area contributed by atoms with Crippen molar-refractivity contribution >= 4 is 17.6 Å². The topological polar surface area (TPSA) is 75.0 Å². The molecule has 0 spiro atoms. The van der Waals surface area contributed by atoms with Gasteiger partial charge in [-0.25, -0.2) is 0 Å². The van der Waals surface area contributed by atoms with Crippen LogP contribution in [-0.2, 0) is 16.6 Å². The number of hydrogen-bond acceptors (Lipinski definition) is 4. The van der Waals surface area contributed by atoms with E-state index in [0.717, 1.165) is 37.8 Å². The first-order valence-corrected chi connectivity index (χ1v) is 9.30. The summed E-state index contributed by atoms with van der Waals surface area (Å²) in [4.78, 5) is 20.8. The SMILES string of the molecule is CN=C(NCC1(CCOC)CCC1)N1CCN(c2cnn(C)c2)C(=O)C1. The molecule has 1 amide bonds. The minimum atomic E-state index is 0.0740. The molecule has 1 N–H and O–H groups in total. The average Bonchev–Trinajstić information content (AvgIpc) is 3.03. The quantitative estimate of drug-likeness (QED) is 0.600. The molecule has 0 radical (unpaired) electrons. The van der Waals surface area contributed by atoms with Crippen LogP contribution in [0.1, 0.15) is 25.7 Å². The number of guanidine groups is 1. The van der Waals surface area contributed by atoms with Crippen molar-refractivity contribution in [1.29, 1.82) is 0 Å². The van der Waals surface area contributed by atoms with Gasteiger partial charge in [-0.15, -0.1) is 0 Å². The Labute approximate surface area is 155 Å². The van der Waals surface area contributed by atoms with Crippen molar-refractivity contribution in [1.82, 2.24) is 20.0 Å². The number of carbonyl (C=O) groups excluding carboxylic acids is 1. The Kier molecular flexibility index (Phi) is 5.80. The highest BCUT2D eigenvalue weighted by molar-refractivity contribution is 5.98. The number of anilines is 1. The van der Waals surface area contributed by atoms with E-state index in [1.165, 1.54) is 19.3 Å². The molecule has 1 aromatic rings. The maximum atomic E-state index is 12.6. The van der Waals surface area contributed by atoms with E-state index in [1.807, 2.05) is 18.1 Å². The van der Waals surface area contributed by atoms with Crippen molar-refractivity contribution in [3.8, 4) is 0 Å². The van der Waals surface area contributed by atoms with Crippen molar-refractivity contribution in [2.24, 2.45) is 17.5 Å². The van der Waals surface area contributed by atoms with Crippen LogP contribution in [0.25, 0.3) is 0 Å². The summed E-state index contributed by atoms with van der Waals surface area (Å²) in [6, 6.07) is 0. The fourth-order valence-corrected chi connectivity index (χ4v) is 3.78. The van der Waals surface area contributed by atoms with Gasteiger partial charge in [-0.2, -0.15) is 5.10 Å². The number of aliphatic imine (C=N–C) groups is 1. The third-order valence-corrected chi connectivity index (χ3v) is 5.61. The smallest absolute Gasteiger partial charge is 0.246 e. The van der Waals surface area contributed by atoms with E-state index in [1.54, 1.807) is 29.9 Å². The molecule has 1 aliphatic carbocycles. The third-order valence-electron chi connectivity index (χ3n) is 5.61. The minimum Gasteiger partial charge on any atom is -0.385 e. The molecule has 0 unspecified atom stereocenters. The Bertz CT molecular complexity index is 652. The number of amides is 1. The summed E-state index contributed by atoms with van der Waals surface area (Å²) < 4.78 is 6.98. The van der Waals surface area contributed by atoms with Gasteiger partial charge in [0, 0.05) is 53.6 Å². The van der Waals surface area contributed by atoms with Crippen molar-refractivity contribution < 1.29 is 9.53 Å². The van der Waals surface area contributed by atoms with Gasteiger partial charge in [0.05, 0.1) is 11.9 Å². The van der Waals surface area contributed by atoms with Gasteiger partial charge in [0.2, 0.25) is 5.91 Å². The summed E-state index contributed by atoms with van der Waals surface area (Å²) >= 11 is 0. The molecule has 144 valence electrons. The number of methoxy groups -OCH3 is 1. The van der Waals surface area contributed by atoms with Crippen molar-refractivity contribution in [3.63, 3.8) is 0 Å². The number of piperazine rings is 1. The lowest BCUT2D eigenvalue weighted by molar-refractivity contribution is -0.120. The van der Waals surface area contributed by atoms with Gasteiger partial charge in [-0.05, 0) is 24.7 Å². The van der Waals surface area contributed by atoms with Crippen molar-refractivity contribution in [2.75, 3.05) is 51.8 Å². The summed E-state index contributed by atoms with van der Waals surface area (Å²) in [5, 5.41) is 7.66. The van der Waals surface area contributed by atoms with E-state index in [9.17, 15) is 4.79 Å². The zero-order valence-corrected chi connectivity index (χ0v) is 16.1. The van der Waals surface area contributed by atoms with Gasteiger partial charge in [0.25, 0.3) is 0 Å². The highest BCUT2D eigenvalue weighted by Gasteiger charge is 2.37. The highest BCUT2D eigenvalue weighted by atomic mass is 16.5. The molecule has 8 nitrogen and oxygen atoms in total. The maximum absolute atomic E-state index is 12.6. The van der Waals surface area contributed by atoms with Crippen molar-refractivity contribution in [3.05, 3.63) is 12.4 Å². The van der Waals surface area contributed by atoms with Crippen LogP contribution in [-0.4, -0.2) is 73.5 Å². The number of ether oxygens (including phenoxy) is 1. The Hall–Kier alpha value is -2.09. The number of carbonyl (C=O) groups is 1. The first-order chi connectivity index (χ1) is 12.6. The average molecular weight is 362 g/mol. The lowest BCUT2D eigenvalue weighted by atomic mass is 9.67. The fourth-order valence-electron chi connectivity index (χ4n) is 3.78. The van der Waals surface area contributed by atoms with E-state index in [0.29, 0.717) is 18.5 Å².